The fraction of sp³-hybridized carbons (Fsp3) is 0.562. The van der Waals surface area contributed by atoms with Gasteiger partial charge in [-0.05, 0) is 56.1 Å². The van der Waals surface area contributed by atoms with Crippen molar-refractivity contribution >= 4 is 5.91 Å². The summed E-state index contributed by atoms with van der Waals surface area (Å²) in [5, 5.41) is 2.94. The van der Waals surface area contributed by atoms with Crippen LogP contribution in [-0.4, -0.2) is 50.7 Å². The number of rotatable bonds is 6. The van der Waals surface area contributed by atoms with Crippen LogP contribution in [0.4, 0.5) is 4.39 Å². The van der Waals surface area contributed by atoms with Crippen molar-refractivity contribution in [3.05, 3.63) is 35.6 Å². The quantitative estimate of drug-likeness (QED) is 0.871. The Labute approximate surface area is 125 Å². The van der Waals surface area contributed by atoms with Crippen LogP contribution in [0.25, 0.3) is 0 Å². The zero-order chi connectivity index (χ0) is 15.1. The Morgan fingerprint density at radius 2 is 2.00 bits per heavy atom. The van der Waals surface area contributed by atoms with Gasteiger partial charge in [-0.3, -0.25) is 4.79 Å². The first-order valence-electron chi connectivity index (χ1n) is 7.44. The molecule has 4 nitrogen and oxygen atoms in total. The van der Waals surface area contributed by atoms with Crippen LogP contribution in [0, 0.1) is 11.7 Å². The molecule has 0 saturated carbocycles. The molecule has 0 aliphatic carbocycles. The molecule has 1 N–H and O–H groups in total. The summed E-state index contributed by atoms with van der Waals surface area (Å²) in [6, 6.07) is 5.64. The van der Waals surface area contributed by atoms with Crippen molar-refractivity contribution in [2.75, 3.05) is 39.9 Å². The van der Waals surface area contributed by atoms with Crippen LogP contribution >= 0.6 is 0 Å². The Kier molecular flexibility index (Phi) is 6.14. The summed E-state index contributed by atoms with van der Waals surface area (Å²) in [5.74, 6) is 0.0694. The van der Waals surface area contributed by atoms with Crippen LogP contribution < -0.4 is 5.32 Å². The average molecular weight is 294 g/mol. The predicted octanol–water partition coefficient (Wildman–Crippen LogP) is 1.91. The van der Waals surface area contributed by atoms with Gasteiger partial charge >= 0.3 is 0 Å². The first kappa shape index (κ1) is 15.9. The highest BCUT2D eigenvalue weighted by Gasteiger charge is 2.19. The highest BCUT2D eigenvalue weighted by Crippen LogP contribution is 2.16. The van der Waals surface area contributed by atoms with Crippen molar-refractivity contribution < 1.29 is 13.9 Å². The van der Waals surface area contributed by atoms with E-state index in [9.17, 15) is 9.18 Å². The molecule has 116 valence electrons. The van der Waals surface area contributed by atoms with Crippen molar-refractivity contribution in [1.29, 1.82) is 0 Å². The number of nitrogens with one attached hydrogen (secondary N) is 1. The molecule has 1 heterocycles. The fourth-order valence-corrected chi connectivity index (χ4v) is 2.57. The van der Waals surface area contributed by atoms with E-state index in [2.05, 4.69) is 10.2 Å². The molecule has 0 unspecified atom stereocenters. The van der Waals surface area contributed by atoms with E-state index >= 15 is 0 Å². The maximum atomic E-state index is 12.8. The summed E-state index contributed by atoms with van der Waals surface area (Å²) in [6.45, 7) is 4.55. The van der Waals surface area contributed by atoms with Gasteiger partial charge in [0.15, 0.2) is 0 Å². The molecule has 0 bridgehead atoms. The molecule has 1 fully saturated rings. The number of halogens is 1. The van der Waals surface area contributed by atoms with Gasteiger partial charge in [0, 0.05) is 25.8 Å². The molecule has 1 aliphatic heterocycles. The van der Waals surface area contributed by atoms with E-state index in [1.165, 1.54) is 24.3 Å². The van der Waals surface area contributed by atoms with Crippen molar-refractivity contribution in [1.82, 2.24) is 10.2 Å². The van der Waals surface area contributed by atoms with Gasteiger partial charge in [0.2, 0.25) is 0 Å². The van der Waals surface area contributed by atoms with Crippen LogP contribution in [0.3, 0.4) is 0 Å². The maximum Gasteiger partial charge on any atom is 0.251 e. The monoisotopic (exact) mass is 294 g/mol. The third-order valence-corrected chi connectivity index (χ3v) is 3.98. The highest BCUT2D eigenvalue weighted by atomic mass is 19.1. The van der Waals surface area contributed by atoms with Gasteiger partial charge < -0.3 is 15.0 Å². The molecule has 1 amide bonds. The number of nitrogens with zero attached hydrogens (tertiary/aromatic N) is 1. The summed E-state index contributed by atoms with van der Waals surface area (Å²) >= 11 is 0. The summed E-state index contributed by atoms with van der Waals surface area (Å²) in [5.41, 5.74) is 0.508. The lowest BCUT2D eigenvalue weighted by atomic mass is 9.96. The number of likely N-dealkylation sites (tertiary alicyclic amines) is 1. The first-order chi connectivity index (χ1) is 10.2. The molecule has 1 saturated heterocycles. The second-order valence-corrected chi connectivity index (χ2v) is 5.49. The number of hydrogen-bond donors (Lipinski definition) is 1. The summed E-state index contributed by atoms with van der Waals surface area (Å²) < 4.78 is 17.9. The van der Waals surface area contributed by atoms with E-state index < -0.39 is 0 Å². The molecule has 1 aromatic rings. The van der Waals surface area contributed by atoms with Gasteiger partial charge in [-0.25, -0.2) is 4.39 Å². The first-order valence-corrected chi connectivity index (χ1v) is 7.44. The maximum absolute atomic E-state index is 12.8. The third-order valence-electron chi connectivity index (χ3n) is 3.98. The molecular formula is C16H23FN2O2. The third kappa shape index (κ3) is 5.10. The average Bonchev–Trinajstić information content (AvgIpc) is 2.52. The SMILES string of the molecule is COCCN1CCC(CNC(=O)c2ccc(F)cc2)CC1. The number of benzene rings is 1. The lowest BCUT2D eigenvalue weighted by molar-refractivity contribution is 0.0926. The van der Waals surface area contributed by atoms with Crippen molar-refractivity contribution in [3.8, 4) is 0 Å². The van der Waals surface area contributed by atoms with Crippen molar-refractivity contribution in [2.45, 2.75) is 12.8 Å². The molecule has 5 heteroatoms. The van der Waals surface area contributed by atoms with E-state index in [0.29, 0.717) is 18.0 Å². The number of carbonyl (C=O) groups is 1. The van der Waals surface area contributed by atoms with E-state index in [-0.39, 0.29) is 11.7 Å². The van der Waals surface area contributed by atoms with Gasteiger partial charge in [-0.15, -0.1) is 0 Å². The zero-order valence-electron chi connectivity index (χ0n) is 12.5. The minimum atomic E-state index is -0.324. The molecule has 0 spiro atoms. The Morgan fingerprint density at radius 3 is 2.62 bits per heavy atom. The van der Waals surface area contributed by atoms with E-state index in [1.54, 1.807) is 7.11 Å². The number of ether oxygens (including phenoxy) is 1. The van der Waals surface area contributed by atoms with Gasteiger partial charge in [-0.1, -0.05) is 0 Å². The summed E-state index contributed by atoms with van der Waals surface area (Å²) in [7, 11) is 1.72. The predicted molar refractivity (Wildman–Crippen MR) is 79.8 cm³/mol. The van der Waals surface area contributed by atoms with Crippen molar-refractivity contribution in [3.63, 3.8) is 0 Å². The molecule has 1 aromatic carbocycles. The van der Waals surface area contributed by atoms with Crippen LogP contribution in [0.1, 0.15) is 23.2 Å². The normalized spacial score (nSPS) is 16.9. The topological polar surface area (TPSA) is 41.6 Å². The van der Waals surface area contributed by atoms with Gasteiger partial charge in [0.1, 0.15) is 5.82 Å². The lowest BCUT2D eigenvalue weighted by Gasteiger charge is -2.31. The molecule has 1 aliphatic rings. The second kappa shape index (κ2) is 8.10. The van der Waals surface area contributed by atoms with Crippen LogP contribution in [0.2, 0.25) is 0 Å². The van der Waals surface area contributed by atoms with Crippen LogP contribution in [0.15, 0.2) is 24.3 Å². The number of amides is 1. The van der Waals surface area contributed by atoms with Gasteiger partial charge in [-0.2, -0.15) is 0 Å². The number of piperidine rings is 1. The smallest absolute Gasteiger partial charge is 0.251 e. The standard InChI is InChI=1S/C16H23FN2O2/c1-21-11-10-19-8-6-13(7-9-19)12-18-16(20)14-2-4-15(17)5-3-14/h2-5,13H,6-12H2,1H3,(H,18,20). The fourth-order valence-electron chi connectivity index (χ4n) is 2.57. The van der Waals surface area contributed by atoms with E-state index in [4.69, 9.17) is 4.74 Å². The molecule has 0 aromatic heterocycles. The molecule has 0 atom stereocenters. The van der Waals surface area contributed by atoms with E-state index in [1.807, 2.05) is 0 Å². The zero-order valence-corrected chi connectivity index (χ0v) is 12.5. The molecule has 2 rings (SSSR count). The summed E-state index contributed by atoms with van der Waals surface area (Å²) in [4.78, 5) is 14.3. The lowest BCUT2D eigenvalue weighted by Crippen LogP contribution is -2.39. The number of methoxy groups -OCH3 is 1. The molecular weight excluding hydrogens is 271 g/mol. The number of hydrogen-bond acceptors (Lipinski definition) is 3. The van der Waals surface area contributed by atoms with Crippen LogP contribution in [-0.2, 0) is 4.74 Å². The Bertz CT molecular complexity index is 442. The minimum Gasteiger partial charge on any atom is -0.383 e. The minimum absolute atomic E-state index is 0.128. The second-order valence-electron chi connectivity index (χ2n) is 5.49. The Hall–Kier alpha value is -1.46. The van der Waals surface area contributed by atoms with Crippen molar-refractivity contribution in [2.24, 2.45) is 5.92 Å². The van der Waals surface area contributed by atoms with Crippen LogP contribution in [0.5, 0.6) is 0 Å². The molecule has 0 radical (unpaired) electrons. The number of carbonyl (C=O) groups excluding carboxylic acids is 1. The Morgan fingerprint density at radius 1 is 1.33 bits per heavy atom. The van der Waals surface area contributed by atoms with E-state index in [0.717, 1.165) is 39.1 Å². The highest BCUT2D eigenvalue weighted by molar-refractivity contribution is 5.94. The Balaban J connectivity index is 1.69. The summed E-state index contributed by atoms with van der Waals surface area (Å²) in [6.07, 6.45) is 2.18. The molecule has 21 heavy (non-hydrogen) atoms. The van der Waals surface area contributed by atoms with Gasteiger partial charge in [0.05, 0.1) is 6.61 Å². The largest absolute Gasteiger partial charge is 0.383 e. The van der Waals surface area contributed by atoms with Gasteiger partial charge in [0.25, 0.3) is 5.91 Å².